The Balaban J connectivity index is 2.10. The fraction of sp³-hybridized carbons (Fsp3) is 0.615. The minimum atomic E-state index is -3.18. The zero-order chi connectivity index (χ0) is 13.7. The van der Waals surface area contributed by atoms with Gasteiger partial charge in [0.1, 0.15) is 0 Å². The predicted molar refractivity (Wildman–Crippen MR) is 76.7 cm³/mol. The first-order valence-corrected chi connectivity index (χ1v) is 8.75. The Kier molecular flexibility index (Phi) is 5.19. The summed E-state index contributed by atoms with van der Waals surface area (Å²) in [5, 5.41) is 0. The Morgan fingerprint density at radius 1 is 1.42 bits per heavy atom. The molecular weight excluding hydrogens is 284 g/mol. The summed E-state index contributed by atoms with van der Waals surface area (Å²) in [7, 11) is -3.18. The van der Waals surface area contributed by atoms with E-state index in [1.807, 2.05) is 12.1 Å². The molecule has 1 saturated heterocycles. The quantitative estimate of drug-likeness (QED) is 0.599. The minimum absolute atomic E-state index is 0.0466. The van der Waals surface area contributed by atoms with Crippen LogP contribution in [0, 0.1) is 0 Å². The van der Waals surface area contributed by atoms with Crippen LogP contribution in [-0.4, -0.2) is 35.9 Å². The maximum absolute atomic E-state index is 12.4. The van der Waals surface area contributed by atoms with E-state index < -0.39 is 10.0 Å². The number of unbranched alkanes of at least 4 members (excludes halogenated alkanes) is 1. The van der Waals surface area contributed by atoms with Gasteiger partial charge in [0, 0.05) is 24.8 Å². The predicted octanol–water partition coefficient (Wildman–Crippen LogP) is 2.57. The van der Waals surface area contributed by atoms with Crippen LogP contribution in [-0.2, 0) is 10.0 Å². The highest BCUT2D eigenvalue weighted by molar-refractivity contribution is 7.89. The van der Waals surface area contributed by atoms with Crippen molar-refractivity contribution >= 4 is 21.6 Å². The third-order valence-electron chi connectivity index (χ3n) is 3.42. The maximum Gasteiger partial charge on any atom is 0.214 e. The van der Waals surface area contributed by atoms with Gasteiger partial charge >= 0.3 is 0 Å². The molecule has 0 radical (unpaired) electrons. The van der Waals surface area contributed by atoms with Gasteiger partial charge in [-0.1, -0.05) is 6.07 Å². The summed E-state index contributed by atoms with van der Waals surface area (Å²) in [5.41, 5.74) is 0.987. The Morgan fingerprint density at radius 3 is 2.95 bits per heavy atom. The van der Waals surface area contributed by atoms with Gasteiger partial charge in [-0.2, -0.15) is 4.31 Å². The number of alkyl halides is 1. The van der Waals surface area contributed by atoms with E-state index in [0.29, 0.717) is 18.8 Å². The standard InChI is InChI=1S/C13H19ClN2O2S/c14-7-1-2-10-19(17,18)16-9-4-6-13(16)12-5-3-8-15-11-12/h3,5,8,11,13H,1-2,4,6-7,9-10H2. The zero-order valence-electron chi connectivity index (χ0n) is 10.8. The van der Waals surface area contributed by atoms with Crippen LogP contribution >= 0.6 is 11.6 Å². The van der Waals surface area contributed by atoms with Crippen LogP contribution in [0.3, 0.4) is 0 Å². The molecular formula is C13H19ClN2O2S. The Bertz CT molecular complexity index is 493. The van der Waals surface area contributed by atoms with E-state index in [1.54, 1.807) is 16.7 Å². The van der Waals surface area contributed by atoms with Gasteiger partial charge in [-0.25, -0.2) is 8.42 Å². The molecule has 0 bridgehead atoms. The molecule has 1 fully saturated rings. The van der Waals surface area contributed by atoms with E-state index in [9.17, 15) is 8.42 Å². The maximum atomic E-state index is 12.4. The third kappa shape index (κ3) is 3.68. The van der Waals surface area contributed by atoms with Crippen LogP contribution in [0.25, 0.3) is 0 Å². The number of sulfonamides is 1. The Morgan fingerprint density at radius 2 is 2.26 bits per heavy atom. The first-order chi connectivity index (χ1) is 9.15. The van der Waals surface area contributed by atoms with Crippen LogP contribution in [0.5, 0.6) is 0 Å². The summed E-state index contributed by atoms with van der Waals surface area (Å²) in [6.07, 6.45) is 6.62. The number of hydrogen-bond donors (Lipinski definition) is 0. The van der Waals surface area contributed by atoms with Gasteiger partial charge < -0.3 is 0 Å². The Labute approximate surface area is 119 Å². The number of aromatic nitrogens is 1. The van der Waals surface area contributed by atoms with Crippen LogP contribution in [0.1, 0.15) is 37.3 Å². The van der Waals surface area contributed by atoms with Gasteiger partial charge in [0.2, 0.25) is 10.0 Å². The van der Waals surface area contributed by atoms with Crippen LogP contribution in [0.4, 0.5) is 0 Å². The van der Waals surface area contributed by atoms with Crippen molar-refractivity contribution < 1.29 is 8.42 Å². The fourth-order valence-corrected chi connectivity index (χ4v) is 4.49. The van der Waals surface area contributed by atoms with E-state index in [2.05, 4.69) is 4.98 Å². The van der Waals surface area contributed by atoms with Crippen molar-refractivity contribution in [1.29, 1.82) is 0 Å². The van der Waals surface area contributed by atoms with Gasteiger partial charge in [0.05, 0.1) is 11.8 Å². The molecule has 19 heavy (non-hydrogen) atoms. The van der Waals surface area contributed by atoms with Crippen molar-refractivity contribution in [2.24, 2.45) is 0 Å². The van der Waals surface area contributed by atoms with E-state index in [1.165, 1.54) is 0 Å². The molecule has 0 aliphatic carbocycles. The zero-order valence-corrected chi connectivity index (χ0v) is 12.4. The second kappa shape index (κ2) is 6.68. The van der Waals surface area contributed by atoms with Gasteiger partial charge in [0.15, 0.2) is 0 Å². The number of rotatable bonds is 6. The summed E-state index contributed by atoms with van der Waals surface area (Å²) < 4.78 is 26.3. The molecule has 2 rings (SSSR count). The SMILES string of the molecule is O=S(=O)(CCCCCl)N1CCCC1c1cccnc1. The highest BCUT2D eigenvalue weighted by Crippen LogP contribution is 2.34. The van der Waals surface area contributed by atoms with Crippen molar-refractivity contribution in [3.05, 3.63) is 30.1 Å². The summed E-state index contributed by atoms with van der Waals surface area (Å²) in [6, 6.07) is 3.76. The highest BCUT2D eigenvalue weighted by atomic mass is 35.5. The molecule has 1 aliphatic rings. The lowest BCUT2D eigenvalue weighted by Gasteiger charge is -2.24. The number of nitrogens with zero attached hydrogens (tertiary/aromatic N) is 2. The smallest absolute Gasteiger partial charge is 0.214 e. The molecule has 6 heteroatoms. The summed E-state index contributed by atoms with van der Waals surface area (Å²) >= 11 is 5.60. The average molecular weight is 303 g/mol. The van der Waals surface area contributed by atoms with Crippen molar-refractivity contribution in [2.45, 2.75) is 31.7 Å². The molecule has 0 N–H and O–H groups in total. The van der Waals surface area contributed by atoms with Gasteiger partial charge in [0.25, 0.3) is 0 Å². The molecule has 0 amide bonds. The molecule has 1 unspecified atom stereocenters. The molecule has 0 spiro atoms. The fourth-order valence-electron chi connectivity index (χ4n) is 2.48. The van der Waals surface area contributed by atoms with Gasteiger partial charge in [-0.3, -0.25) is 4.98 Å². The van der Waals surface area contributed by atoms with Gasteiger partial charge in [-0.15, -0.1) is 11.6 Å². The number of hydrogen-bond acceptors (Lipinski definition) is 3. The largest absolute Gasteiger partial charge is 0.264 e. The van der Waals surface area contributed by atoms with E-state index in [0.717, 1.165) is 24.8 Å². The lowest BCUT2D eigenvalue weighted by molar-refractivity contribution is 0.395. The molecule has 2 heterocycles. The first-order valence-electron chi connectivity index (χ1n) is 6.60. The lowest BCUT2D eigenvalue weighted by atomic mass is 10.1. The summed E-state index contributed by atoms with van der Waals surface area (Å²) in [5.74, 6) is 0.706. The minimum Gasteiger partial charge on any atom is -0.264 e. The van der Waals surface area contributed by atoms with Crippen LogP contribution in [0.15, 0.2) is 24.5 Å². The third-order valence-corrected chi connectivity index (χ3v) is 5.64. The molecule has 106 valence electrons. The molecule has 1 atom stereocenters. The molecule has 1 aromatic heterocycles. The number of pyridine rings is 1. The monoisotopic (exact) mass is 302 g/mol. The lowest BCUT2D eigenvalue weighted by Crippen LogP contribution is -2.32. The highest BCUT2D eigenvalue weighted by Gasteiger charge is 2.34. The Hall–Kier alpha value is -0.650. The summed E-state index contributed by atoms with van der Waals surface area (Å²) in [6.45, 7) is 0.614. The first kappa shape index (κ1) is 14.8. The van der Waals surface area contributed by atoms with E-state index >= 15 is 0 Å². The average Bonchev–Trinajstić information content (AvgIpc) is 2.90. The van der Waals surface area contributed by atoms with Crippen LogP contribution < -0.4 is 0 Å². The van der Waals surface area contributed by atoms with E-state index in [4.69, 9.17) is 11.6 Å². The normalized spacial score (nSPS) is 20.8. The molecule has 0 saturated carbocycles. The number of halogens is 1. The van der Waals surface area contributed by atoms with Crippen molar-refractivity contribution in [1.82, 2.24) is 9.29 Å². The molecule has 0 aromatic carbocycles. The topological polar surface area (TPSA) is 50.3 Å². The van der Waals surface area contributed by atoms with E-state index in [-0.39, 0.29) is 11.8 Å². The second-order valence-corrected chi connectivity index (χ2v) is 7.19. The summed E-state index contributed by atoms with van der Waals surface area (Å²) in [4.78, 5) is 4.08. The van der Waals surface area contributed by atoms with Crippen molar-refractivity contribution in [3.63, 3.8) is 0 Å². The molecule has 1 aliphatic heterocycles. The van der Waals surface area contributed by atoms with Crippen molar-refractivity contribution in [3.8, 4) is 0 Å². The van der Waals surface area contributed by atoms with Crippen molar-refractivity contribution in [2.75, 3.05) is 18.2 Å². The molecule has 1 aromatic rings. The van der Waals surface area contributed by atoms with Gasteiger partial charge in [-0.05, 0) is 37.3 Å². The molecule has 4 nitrogen and oxygen atoms in total. The second-order valence-electron chi connectivity index (χ2n) is 4.77. The van der Waals surface area contributed by atoms with Crippen LogP contribution in [0.2, 0.25) is 0 Å².